The molecule has 2 aliphatic heterocycles. The predicted molar refractivity (Wildman–Crippen MR) is 148 cm³/mol. The fourth-order valence-corrected chi connectivity index (χ4v) is 5.85. The zero-order chi connectivity index (χ0) is 27.9. The summed E-state index contributed by atoms with van der Waals surface area (Å²) in [4.78, 5) is 43.8. The lowest BCUT2D eigenvalue weighted by Crippen LogP contribution is -2.51. The van der Waals surface area contributed by atoms with Crippen LogP contribution in [0, 0.1) is 6.92 Å². The summed E-state index contributed by atoms with van der Waals surface area (Å²) in [5.41, 5.74) is 2.20. The van der Waals surface area contributed by atoms with Crippen molar-refractivity contribution in [1.82, 2.24) is 24.6 Å². The van der Waals surface area contributed by atoms with Crippen molar-refractivity contribution < 1.29 is 19.4 Å². The van der Waals surface area contributed by atoms with Gasteiger partial charge in [-0.2, -0.15) is 5.10 Å². The zero-order valence-electron chi connectivity index (χ0n) is 22.9. The third-order valence-electron chi connectivity index (χ3n) is 8.54. The monoisotopic (exact) mass is 536 g/mol. The number of rotatable bonds is 5. The highest BCUT2D eigenvalue weighted by molar-refractivity contribution is 5.97. The van der Waals surface area contributed by atoms with Crippen LogP contribution in [0.1, 0.15) is 56.0 Å². The van der Waals surface area contributed by atoms with Gasteiger partial charge in [0, 0.05) is 37.1 Å². The number of fused-ring (bicyclic) bond motifs is 1. The number of hydrogen-bond acceptors (Lipinski definition) is 6. The van der Waals surface area contributed by atoms with Crippen molar-refractivity contribution in [2.45, 2.75) is 64.6 Å². The smallest absolute Gasteiger partial charge is 0.407 e. The molecule has 39 heavy (non-hydrogen) atoms. The van der Waals surface area contributed by atoms with Gasteiger partial charge >= 0.3 is 6.09 Å². The third kappa shape index (κ3) is 4.75. The van der Waals surface area contributed by atoms with E-state index < -0.39 is 11.6 Å². The molecule has 5 rings (SSSR count). The zero-order valence-corrected chi connectivity index (χ0v) is 22.9. The topological polar surface area (TPSA) is 133 Å². The number of nitrogens with one attached hydrogen (secondary N) is 2. The molecule has 0 aliphatic carbocycles. The first-order valence-corrected chi connectivity index (χ1v) is 13.5. The maximum atomic E-state index is 13.3. The fraction of sp³-hybridized carbons (Fsp3) is 0.500. The van der Waals surface area contributed by atoms with Crippen molar-refractivity contribution in [3.63, 3.8) is 0 Å². The molecule has 208 valence electrons. The van der Waals surface area contributed by atoms with E-state index in [4.69, 9.17) is 9.84 Å². The van der Waals surface area contributed by atoms with E-state index in [2.05, 4.69) is 17.2 Å². The van der Waals surface area contributed by atoms with Gasteiger partial charge in [-0.25, -0.2) is 4.79 Å². The van der Waals surface area contributed by atoms with Crippen LogP contribution in [0.4, 0.5) is 16.3 Å². The lowest BCUT2D eigenvalue weighted by molar-refractivity contribution is -0.0440. The molecule has 2 aliphatic rings. The Kier molecular flexibility index (Phi) is 7.11. The first-order chi connectivity index (χ1) is 18.6. The molecule has 3 N–H and O–H groups in total. The van der Waals surface area contributed by atoms with E-state index in [1.54, 1.807) is 6.20 Å². The summed E-state index contributed by atoms with van der Waals surface area (Å²) < 4.78 is 7.58. The molecule has 0 radical (unpaired) electrons. The molecule has 2 saturated heterocycles. The van der Waals surface area contributed by atoms with Gasteiger partial charge in [-0.15, -0.1) is 0 Å². The highest BCUT2D eigenvalue weighted by atomic mass is 16.5. The molecule has 2 fully saturated rings. The molecular weight excluding hydrogens is 500 g/mol. The first kappa shape index (κ1) is 26.7. The normalized spacial score (nSPS) is 21.2. The van der Waals surface area contributed by atoms with Crippen LogP contribution in [0.5, 0.6) is 0 Å². The van der Waals surface area contributed by atoms with E-state index in [1.165, 1.54) is 4.90 Å². The van der Waals surface area contributed by atoms with E-state index in [1.807, 2.05) is 54.6 Å². The number of H-pyrrole nitrogens is 1. The summed E-state index contributed by atoms with van der Waals surface area (Å²) in [7, 11) is 0. The Morgan fingerprint density at radius 2 is 1.95 bits per heavy atom. The van der Waals surface area contributed by atoms with Crippen LogP contribution in [-0.4, -0.2) is 80.1 Å². The molecule has 0 bridgehead atoms. The van der Waals surface area contributed by atoms with Crippen LogP contribution in [0.2, 0.25) is 0 Å². The van der Waals surface area contributed by atoms with Gasteiger partial charge in [-0.1, -0.05) is 6.92 Å². The van der Waals surface area contributed by atoms with Gasteiger partial charge in [0.05, 0.1) is 29.8 Å². The number of aromatic amines is 1. The lowest BCUT2D eigenvalue weighted by Gasteiger charge is -2.41. The molecule has 0 spiro atoms. The van der Waals surface area contributed by atoms with Crippen LogP contribution in [-0.2, 0) is 10.3 Å². The Morgan fingerprint density at radius 3 is 2.62 bits per heavy atom. The number of morpholine rings is 1. The number of piperidine rings is 1. The SMILES string of the molecule is CCC1(n2nc(Nc3ccc(C(=O)N4CCOC(C)C4C)c(C)c3)c3c(=O)[nH]ccc32)CCN(C(=O)O)CC1. The van der Waals surface area contributed by atoms with Gasteiger partial charge in [0.2, 0.25) is 0 Å². The highest BCUT2D eigenvalue weighted by Gasteiger charge is 2.39. The van der Waals surface area contributed by atoms with Crippen LogP contribution < -0.4 is 10.9 Å². The standard InChI is InChI=1S/C28H36N6O5/c1-5-28(9-12-32(13-10-28)27(37)38)34-22-8-11-29-25(35)23(22)24(31-34)30-20-6-7-21(17(2)16-20)26(36)33-14-15-39-19(4)18(33)3/h6-8,11,16,18-19H,5,9-10,12-15H2,1-4H3,(H,29,35)(H,30,31)(H,37,38). The first-order valence-electron chi connectivity index (χ1n) is 13.5. The molecule has 1 aromatic carbocycles. The highest BCUT2D eigenvalue weighted by Crippen LogP contribution is 2.37. The average Bonchev–Trinajstić information content (AvgIpc) is 3.30. The second kappa shape index (κ2) is 10.4. The molecule has 11 heteroatoms. The number of carbonyl (C=O) groups excluding carboxylic acids is 1. The van der Waals surface area contributed by atoms with E-state index >= 15 is 0 Å². The van der Waals surface area contributed by atoms with Gasteiger partial charge < -0.3 is 29.9 Å². The van der Waals surface area contributed by atoms with Gasteiger partial charge in [0.25, 0.3) is 11.5 Å². The molecule has 2 aromatic heterocycles. The van der Waals surface area contributed by atoms with E-state index in [0.717, 1.165) is 12.0 Å². The van der Waals surface area contributed by atoms with Crippen molar-refractivity contribution in [1.29, 1.82) is 0 Å². The van der Waals surface area contributed by atoms with Crippen molar-refractivity contribution in [2.24, 2.45) is 0 Å². The molecule has 0 saturated carbocycles. The predicted octanol–water partition coefficient (Wildman–Crippen LogP) is 3.91. The number of nitrogens with zero attached hydrogens (tertiary/aromatic N) is 4. The maximum Gasteiger partial charge on any atom is 0.407 e. The molecule has 2 amide bonds. The minimum atomic E-state index is -0.918. The number of carbonyl (C=O) groups is 2. The molecule has 11 nitrogen and oxygen atoms in total. The number of likely N-dealkylation sites (tertiary alicyclic amines) is 1. The van der Waals surface area contributed by atoms with E-state index in [9.17, 15) is 19.5 Å². The molecule has 2 atom stereocenters. The molecular formula is C28H36N6O5. The van der Waals surface area contributed by atoms with Crippen molar-refractivity contribution >= 4 is 34.4 Å². The summed E-state index contributed by atoms with van der Waals surface area (Å²) >= 11 is 0. The number of pyridine rings is 1. The van der Waals surface area contributed by atoms with Crippen LogP contribution in [0.3, 0.4) is 0 Å². The molecule has 2 unspecified atom stereocenters. The number of aryl methyl sites for hydroxylation is 1. The number of aromatic nitrogens is 3. The van der Waals surface area contributed by atoms with Gasteiger partial charge in [-0.3, -0.25) is 14.3 Å². The number of carboxylic acid groups (broad SMARTS) is 1. The second-order valence-corrected chi connectivity index (χ2v) is 10.6. The fourth-order valence-electron chi connectivity index (χ4n) is 5.85. The minimum absolute atomic E-state index is 0.0150. The number of amides is 2. The third-order valence-corrected chi connectivity index (χ3v) is 8.54. The number of anilines is 2. The van der Waals surface area contributed by atoms with Gasteiger partial charge in [-0.05, 0) is 69.9 Å². The largest absolute Gasteiger partial charge is 0.465 e. The summed E-state index contributed by atoms with van der Waals surface area (Å²) in [5.74, 6) is 0.403. The van der Waals surface area contributed by atoms with Crippen molar-refractivity contribution in [3.8, 4) is 0 Å². The number of ether oxygens (including phenoxy) is 1. The Bertz CT molecular complexity index is 1450. The number of hydrogen-bond donors (Lipinski definition) is 3. The molecule has 3 aromatic rings. The minimum Gasteiger partial charge on any atom is -0.465 e. The molecule has 4 heterocycles. The van der Waals surface area contributed by atoms with Crippen molar-refractivity contribution in [2.75, 3.05) is 31.6 Å². The maximum absolute atomic E-state index is 13.3. The van der Waals surface area contributed by atoms with E-state index in [0.29, 0.717) is 67.1 Å². The van der Waals surface area contributed by atoms with Crippen LogP contribution in [0.15, 0.2) is 35.3 Å². The Morgan fingerprint density at radius 1 is 1.21 bits per heavy atom. The summed E-state index contributed by atoms with van der Waals surface area (Å²) in [6.45, 7) is 9.84. The summed E-state index contributed by atoms with van der Waals surface area (Å²) in [6, 6.07) is 7.36. The summed E-state index contributed by atoms with van der Waals surface area (Å²) in [5, 5.41) is 18.1. The van der Waals surface area contributed by atoms with Crippen molar-refractivity contribution in [3.05, 3.63) is 51.9 Å². The lowest BCUT2D eigenvalue weighted by atomic mass is 9.85. The van der Waals surface area contributed by atoms with E-state index in [-0.39, 0.29) is 23.6 Å². The Hall–Kier alpha value is -3.86. The Labute approximate surface area is 226 Å². The van der Waals surface area contributed by atoms with Gasteiger partial charge in [0.1, 0.15) is 5.39 Å². The van der Waals surface area contributed by atoms with Crippen LogP contribution >= 0.6 is 0 Å². The number of benzene rings is 1. The Balaban J connectivity index is 1.46. The second-order valence-electron chi connectivity index (χ2n) is 10.6. The quantitative estimate of drug-likeness (QED) is 0.450. The van der Waals surface area contributed by atoms with Gasteiger partial charge in [0.15, 0.2) is 5.82 Å². The summed E-state index contributed by atoms with van der Waals surface area (Å²) in [6.07, 6.45) is 2.63. The van der Waals surface area contributed by atoms with Crippen LogP contribution in [0.25, 0.3) is 10.9 Å². The average molecular weight is 537 g/mol.